The number of aromatic nitrogens is 5. The summed E-state index contributed by atoms with van der Waals surface area (Å²) in [5.41, 5.74) is 7.16. The molecular formula is C20H14N5+. The Labute approximate surface area is 143 Å². The number of pyridine rings is 1. The van der Waals surface area contributed by atoms with Crippen molar-refractivity contribution in [3.63, 3.8) is 0 Å². The molecule has 1 aromatic carbocycles. The van der Waals surface area contributed by atoms with Gasteiger partial charge in [-0.3, -0.25) is 4.98 Å². The van der Waals surface area contributed by atoms with Crippen LogP contribution >= 0.6 is 0 Å². The number of para-hydroxylation sites is 1. The van der Waals surface area contributed by atoms with Crippen molar-refractivity contribution in [1.82, 2.24) is 18.9 Å². The number of benzene rings is 1. The number of nitrogens with zero attached hydrogens (tertiary/aromatic N) is 5. The summed E-state index contributed by atoms with van der Waals surface area (Å²) < 4.78 is 6.87. The van der Waals surface area contributed by atoms with Gasteiger partial charge in [-0.25, -0.2) is 18.5 Å². The largest absolute Gasteiger partial charge is 0.275 e. The highest BCUT2D eigenvalue weighted by molar-refractivity contribution is 5.84. The van der Waals surface area contributed by atoms with Gasteiger partial charge in [0.2, 0.25) is 5.82 Å². The number of hydrogen-bond acceptors (Lipinski definition) is 2. The van der Waals surface area contributed by atoms with Gasteiger partial charge in [-0.15, -0.1) is 0 Å². The Balaban J connectivity index is 1.83. The third kappa shape index (κ3) is 1.59. The smallest absolute Gasteiger partial charge is 0.264 e. The first kappa shape index (κ1) is 12.9. The molecule has 1 aliphatic rings. The van der Waals surface area contributed by atoms with Crippen molar-refractivity contribution in [1.29, 1.82) is 0 Å². The van der Waals surface area contributed by atoms with Crippen LogP contribution in [0.4, 0.5) is 0 Å². The lowest BCUT2D eigenvalue weighted by Crippen LogP contribution is -2.32. The Morgan fingerprint density at radius 1 is 0.960 bits per heavy atom. The third-order valence-corrected chi connectivity index (χ3v) is 4.98. The molecule has 0 bridgehead atoms. The predicted octanol–water partition coefficient (Wildman–Crippen LogP) is 2.99. The Morgan fingerprint density at radius 2 is 1.84 bits per heavy atom. The highest BCUT2D eigenvalue weighted by atomic mass is 15.2. The van der Waals surface area contributed by atoms with Crippen LogP contribution in [0.1, 0.15) is 5.56 Å². The summed E-state index contributed by atoms with van der Waals surface area (Å²) in [7, 11) is 0. The van der Waals surface area contributed by atoms with Gasteiger partial charge in [-0.2, -0.15) is 0 Å². The Bertz CT molecular complexity index is 1260. The van der Waals surface area contributed by atoms with Gasteiger partial charge in [0, 0.05) is 30.2 Å². The Kier molecular flexibility index (Phi) is 2.34. The van der Waals surface area contributed by atoms with E-state index in [1.807, 2.05) is 31.0 Å². The van der Waals surface area contributed by atoms with Crippen LogP contribution in [0, 0.1) is 0 Å². The number of hydrogen-bond donors (Lipinski definition) is 0. The minimum absolute atomic E-state index is 0.829. The predicted molar refractivity (Wildman–Crippen MR) is 94.6 cm³/mol. The number of imidazole rings is 1. The van der Waals surface area contributed by atoms with Crippen LogP contribution < -0.4 is 4.57 Å². The van der Waals surface area contributed by atoms with Crippen molar-refractivity contribution < 1.29 is 4.57 Å². The fraction of sp³-hybridized carbons (Fsp3) is 0.0500. The molecule has 0 saturated heterocycles. The normalized spacial score (nSPS) is 12.6. The van der Waals surface area contributed by atoms with Crippen molar-refractivity contribution in [2.75, 3.05) is 0 Å². The molecule has 6 rings (SSSR count). The average Bonchev–Trinajstić information content (AvgIpc) is 3.29. The maximum atomic E-state index is 4.32. The summed E-state index contributed by atoms with van der Waals surface area (Å²) in [4.78, 5) is 8.63. The van der Waals surface area contributed by atoms with Crippen LogP contribution in [0.5, 0.6) is 0 Å². The first-order chi connectivity index (χ1) is 12.4. The van der Waals surface area contributed by atoms with E-state index in [-0.39, 0.29) is 0 Å². The minimum atomic E-state index is 0.829. The molecule has 0 N–H and O–H groups in total. The minimum Gasteiger partial charge on any atom is -0.264 e. The molecule has 5 nitrogen and oxygen atoms in total. The molecule has 0 atom stereocenters. The molecule has 0 radical (unpaired) electrons. The van der Waals surface area contributed by atoms with Crippen LogP contribution in [0.2, 0.25) is 0 Å². The van der Waals surface area contributed by atoms with E-state index in [4.69, 9.17) is 0 Å². The van der Waals surface area contributed by atoms with Gasteiger partial charge in [-0.05, 0) is 24.3 Å². The topological polar surface area (TPSA) is 39.0 Å². The molecule has 5 heterocycles. The van der Waals surface area contributed by atoms with Gasteiger partial charge in [-0.1, -0.05) is 18.2 Å². The molecule has 0 unspecified atom stereocenters. The maximum absolute atomic E-state index is 4.32. The van der Waals surface area contributed by atoms with E-state index in [1.165, 1.54) is 22.5 Å². The monoisotopic (exact) mass is 324 g/mol. The SMILES string of the molecule is c1ccc(-n2c3[n+](c4c2cc2ccncn24)Cc2cnccc2-3)cc1. The summed E-state index contributed by atoms with van der Waals surface area (Å²) in [6, 6.07) is 16.9. The van der Waals surface area contributed by atoms with E-state index < -0.39 is 0 Å². The highest BCUT2D eigenvalue weighted by Crippen LogP contribution is 2.34. The van der Waals surface area contributed by atoms with Gasteiger partial charge in [0.05, 0.1) is 12.1 Å². The molecule has 1 aliphatic heterocycles. The van der Waals surface area contributed by atoms with Crippen LogP contribution in [-0.2, 0) is 6.54 Å². The Hall–Kier alpha value is -3.47. The molecule has 5 aromatic rings. The van der Waals surface area contributed by atoms with Crippen molar-refractivity contribution >= 4 is 16.7 Å². The molecule has 0 spiro atoms. The van der Waals surface area contributed by atoms with Gasteiger partial charge >= 0.3 is 0 Å². The lowest BCUT2D eigenvalue weighted by molar-refractivity contribution is -0.648. The van der Waals surface area contributed by atoms with Crippen LogP contribution in [-0.4, -0.2) is 18.9 Å². The number of fused-ring (bicyclic) bond motifs is 7. The zero-order valence-corrected chi connectivity index (χ0v) is 13.4. The second-order valence-electron chi connectivity index (χ2n) is 6.34. The third-order valence-electron chi connectivity index (χ3n) is 4.98. The van der Waals surface area contributed by atoms with E-state index in [1.54, 1.807) is 0 Å². The molecule has 0 fully saturated rings. The first-order valence-electron chi connectivity index (χ1n) is 8.30. The second kappa shape index (κ2) is 4.54. The maximum Gasteiger partial charge on any atom is 0.275 e. The molecule has 0 aliphatic carbocycles. The van der Waals surface area contributed by atoms with Crippen LogP contribution in [0.25, 0.3) is 33.8 Å². The summed E-state index contributed by atoms with van der Waals surface area (Å²) in [5, 5.41) is 0. The van der Waals surface area contributed by atoms with Crippen molar-refractivity contribution in [3.8, 4) is 17.1 Å². The van der Waals surface area contributed by atoms with Gasteiger partial charge in [0.15, 0.2) is 11.8 Å². The van der Waals surface area contributed by atoms with E-state index in [9.17, 15) is 0 Å². The number of rotatable bonds is 1. The fourth-order valence-corrected chi connectivity index (χ4v) is 3.96. The van der Waals surface area contributed by atoms with Crippen LogP contribution in [0.15, 0.2) is 73.4 Å². The van der Waals surface area contributed by atoms with E-state index >= 15 is 0 Å². The molecule has 0 saturated carbocycles. The van der Waals surface area contributed by atoms with Gasteiger partial charge < -0.3 is 0 Å². The Morgan fingerprint density at radius 3 is 2.76 bits per heavy atom. The van der Waals surface area contributed by atoms with Crippen molar-refractivity contribution in [3.05, 3.63) is 79.0 Å². The summed E-state index contributed by atoms with van der Waals surface area (Å²) >= 11 is 0. The highest BCUT2D eigenvalue weighted by Gasteiger charge is 2.35. The van der Waals surface area contributed by atoms with E-state index in [0.29, 0.717) is 0 Å². The molecule has 25 heavy (non-hydrogen) atoms. The second-order valence-corrected chi connectivity index (χ2v) is 6.34. The summed E-state index contributed by atoms with van der Waals surface area (Å²) in [6.45, 7) is 0.829. The standard InChI is InChI=1S/C20H14N5/c1-2-4-15(5-3-1)25-18-10-16-6-8-22-13-24(16)20(18)23-12-14-11-21-9-7-17(14)19(23)25/h1-11,13H,12H2/q+1. The quantitative estimate of drug-likeness (QED) is 0.436. The van der Waals surface area contributed by atoms with Crippen LogP contribution in [0.3, 0.4) is 0 Å². The summed E-state index contributed by atoms with van der Waals surface area (Å²) in [5.74, 6) is 1.20. The van der Waals surface area contributed by atoms with Crippen molar-refractivity contribution in [2.24, 2.45) is 0 Å². The van der Waals surface area contributed by atoms with E-state index in [2.05, 4.69) is 66.0 Å². The van der Waals surface area contributed by atoms with Crippen molar-refractivity contribution in [2.45, 2.75) is 6.54 Å². The molecular weight excluding hydrogens is 310 g/mol. The van der Waals surface area contributed by atoms with E-state index in [0.717, 1.165) is 23.4 Å². The molecule has 5 heteroatoms. The average molecular weight is 324 g/mol. The molecule has 118 valence electrons. The fourth-order valence-electron chi connectivity index (χ4n) is 3.96. The zero-order chi connectivity index (χ0) is 16.4. The first-order valence-corrected chi connectivity index (χ1v) is 8.30. The van der Waals surface area contributed by atoms with Gasteiger partial charge in [0.25, 0.3) is 5.65 Å². The zero-order valence-electron chi connectivity index (χ0n) is 13.4. The lowest BCUT2D eigenvalue weighted by Gasteiger charge is -2.03. The van der Waals surface area contributed by atoms with Gasteiger partial charge in [0.1, 0.15) is 11.2 Å². The molecule has 0 amide bonds. The lowest BCUT2D eigenvalue weighted by atomic mass is 10.1. The molecule has 4 aromatic heterocycles. The summed E-state index contributed by atoms with van der Waals surface area (Å²) in [6.07, 6.45) is 7.57.